The van der Waals surface area contributed by atoms with Crippen molar-refractivity contribution >= 4 is 11.8 Å². The third-order valence-electron chi connectivity index (χ3n) is 0.525. The molecule has 0 saturated heterocycles. The number of hydrogen-bond acceptors (Lipinski definition) is 2. The Morgan fingerprint density at radius 2 is 2.33 bits per heavy atom. The van der Waals surface area contributed by atoms with Gasteiger partial charge in [0.1, 0.15) is 0 Å². The normalized spacial score (nSPS) is 7.67. The van der Waals surface area contributed by atoms with Crippen molar-refractivity contribution < 1.29 is 0 Å². The van der Waals surface area contributed by atoms with E-state index in [1.54, 1.807) is 11.8 Å². The first-order chi connectivity index (χ1) is 2.81. The molecule has 0 spiro atoms. The van der Waals surface area contributed by atoms with Crippen LogP contribution in [-0.4, -0.2) is 13.3 Å². The Morgan fingerprint density at radius 1 is 1.83 bits per heavy atom. The van der Waals surface area contributed by atoms with E-state index in [1.165, 1.54) is 0 Å². The summed E-state index contributed by atoms with van der Waals surface area (Å²) in [5.74, 6) is 0. The maximum absolute atomic E-state index is 3.64. The van der Waals surface area contributed by atoms with E-state index in [0.29, 0.717) is 0 Å². The Balaban J connectivity index is 2.99. The molecule has 0 aromatic heterocycles. The van der Waals surface area contributed by atoms with Gasteiger partial charge in [0.05, 0.1) is 5.03 Å². The molecule has 0 atom stereocenters. The highest BCUT2D eigenvalue weighted by Crippen LogP contribution is 2.00. The third-order valence-corrected chi connectivity index (χ3v) is 1.22. The Hall–Kier alpha value is -0.110. The molecule has 0 saturated carbocycles. The van der Waals surface area contributed by atoms with Crippen molar-refractivity contribution in [2.24, 2.45) is 0 Å². The highest BCUT2D eigenvalue weighted by atomic mass is 32.2. The zero-order valence-corrected chi connectivity index (χ0v) is 4.93. The minimum absolute atomic E-state index is 1.01. The second-order valence-corrected chi connectivity index (χ2v) is 1.78. The number of rotatable bonds is 2. The Bertz CT molecular complexity index is 45.5. The van der Waals surface area contributed by atoms with Crippen molar-refractivity contribution in [2.45, 2.75) is 0 Å². The quantitative estimate of drug-likeness (QED) is 0.560. The van der Waals surface area contributed by atoms with Gasteiger partial charge in [0.15, 0.2) is 0 Å². The van der Waals surface area contributed by atoms with E-state index in [0.717, 1.165) is 5.03 Å². The van der Waals surface area contributed by atoms with Crippen LogP contribution in [0.2, 0.25) is 0 Å². The zero-order chi connectivity index (χ0) is 4.99. The molecule has 0 rings (SSSR count). The lowest BCUT2D eigenvalue weighted by Crippen LogP contribution is -1.98. The summed E-state index contributed by atoms with van der Waals surface area (Å²) in [4.78, 5) is 0. The Labute approximate surface area is 42.8 Å². The topological polar surface area (TPSA) is 12.0 Å². The van der Waals surface area contributed by atoms with E-state index in [4.69, 9.17) is 0 Å². The van der Waals surface area contributed by atoms with Crippen LogP contribution < -0.4 is 5.32 Å². The average molecular weight is 103 g/mol. The van der Waals surface area contributed by atoms with E-state index in [2.05, 4.69) is 11.9 Å². The minimum Gasteiger partial charge on any atom is -0.383 e. The average Bonchev–Trinajstić information content (AvgIpc) is 1.65. The van der Waals surface area contributed by atoms with Gasteiger partial charge in [-0.05, 0) is 6.26 Å². The fourth-order valence-corrected chi connectivity index (χ4v) is 0.306. The fourth-order valence-electron chi connectivity index (χ4n) is 0.102. The molecule has 1 nitrogen and oxygen atoms in total. The molecule has 0 aromatic carbocycles. The Morgan fingerprint density at radius 3 is 2.33 bits per heavy atom. The van der Waals surface area contributed by atoms with Gasteiger partial charge in [-0.1, -0.05) is 6.58 Å². The molecule has 0 bridgehead atoms. The first kappa shape index (κ1) is 5.89. The van der Waals surface area contributed by atoms with Crippen molar-refractivity contribution in [3.05, 3.63) is 11.6 Å². The summed E-state index contributed by atoms with van der Waals surface area (Å²) in [5, 5.41) is 3.89. The standard InChI is InChI=1S/C4H9NS/c1-4(5-2)6-3/h5H,1H2,2-3H3. The molecule has 0 aliphatic rings. The predicted octanol–water partition coefficient (Wildman–Crippen LogP) is 1.04. The largest absolute Gasteiger partial charge is 0.383 e. The van der Waals surface area contributed by atoms with Crippen molar-refractivity contribution in [3.8, 4) is 0 Å². The summed E-state index contributed by atoms with van der Waals surface area (Å²) in [5.41, 5.74) is 0. The predicted molar refractivity (Wildman–Crippen MR) is 31.7 cm³/mol. The van der Waals surface area contributed by atoms with Gasteiger partial charge in [0.25, 0.3) is 0 Å². The highest BCUT2D eigenvalue weighted by Gasteiger charge is 1.75. The Kier molecular flexibility index (Phi) is 3.04. The molecule has 2 heteroatoms. The van der Waals surface area contributed by atoms with Crippen LogP contribution in [0.5, 0.6) is 0 Å². The molecule has 36 valence electrons. The van der Waals surface area contributed by atoms with Gasteiger partial charge in [-0.3, -0.25) is 0 Å². The van der Waals surface area contributed by atoms with Gasteiger partial charge in [0, 0.05) is 7.05 Å². The number of hydrogen-bond donors (Lipinski definition) is 1. The first-order valence-corrected chi connectivity index (χ1v) is 2.94. The molecule has 6 heavy (non-hydrogen) atoms. The van der Waals surface area contributed by atoms with Crippen LogP contribution in [0.15, 0.2) is 11.6 Å². The summed E-state index contributed by atoms with van der Waals surface area (Å²) in [6.45, 7) is 3.64. The van der Waals surface area contributed by atoms with Crippen molar-refractivity contribution in [3.63, 3.8) is 0 Å². The molecule has 0 aliphatic carbocycles. The van der Waals surface area contributed by atoms with Crippen LogP contribution in [0, 0.1) is 0 Å². The lowest BCUT2D eigenvalue weighted by atomic mass is 11.0. The van der Waals surface area contributed by atoms with Gasteiger partial charge >= 0.3 is 0 Å². The minimum atomic E-state index is 1.01. The van der Waals surface area contributed by atoms with Gasteiger partial charge < -0.3 is 5.32 Å². The molecule has 0 aliphatic heterocycles. The molecule has 0 radical (unpaired) electrons. The van der Waals surface area contributed by atoms with E-state index < -0.39 is 0 Å². The molecule has 1 N–H and O–H groups in total. The highest BCUT2D eigenvalue weighted by molar-refractivity contribution is 8.02. The smallest absolute Gasteiger partial charge is 0.0602 e. The summed E-state index contributed by atoms with van der Waals surface area (Å²) < 4.78 is 0. The van der Waals surface area contributed by atoms with E-state index in [-0.39, 0.29) is 0 Å². The van der Waals surface area contributed by atoms with Gasteiger partial charge in [-0.25, -0.2) is 0 Å². The lowest BCUT2D eigenvalue weighted by Gasteiger charge is -1.94. The van der Waals surface area contributed by atoms with Crippen molar-refractivity contribution in [1.82, 2.24) is 5.32 Å². The van der Waals surface area contributed by atoms with Gasteiger partial charge in [-0.15, -0.1) is 11.8 Å². The van der Waals surface area contributed by atoms with Crippen LogP contribution in [0.4, 0.5) is 0 Å². The number of nitrogens with one attached hydrogen (secondary N) is 1. The summed E-state index contributed by atoms with van der Waals surface area (Å²) >= 11 is 1.62. The molecule has 0 heterocycles. The van der Waals surface area contributed by atoms with Crippen LogP contribution in [0.3, 0.4) is 0 Å². The van der Waals surface area contributed by atoms with E-state index >= 15 is 0 Å². The second-order valence-electron chi connectivity index (χ2n) is 0.877. The lowest BCUT2D eigenvalue weighted by molar-refractivity contribution is 1.09. The molecular formula is C4H9NS. The van der Waals surface area contributed by atoms with E-state index in [9.17, 15) is 0 Å². The number of thioether (sulfide) groups is 1. The molecule has 0 unspecified atom stereocenters. The van der Waals surface area contributed by atoms with E-state index in [1.807, 2.05) is 13.3 Å². The second kappa shape index (κ2) is 3.09. The summed E-state index contributed by atoms with van der Waals surface area (Å²) in [6, 6.07) is 0. The molecular weight excluding hydrogens is 94.1 g/mol. The third kappa shape index (κ3) is 2.15. The molecule has 0 fully saturated rings. The maximum atomic E-state index is 3.64. The SMILES string of the molecule is C=C(NC)SC. The van der Waals surface area contributed by atoms with Crippen molar-refractivity contribution in [1.29, 1.82) is 0 Å². The summed E-state index contributed by atoms with van der Waals surface area (Å²) in [6.07, 6.45) is 1.98. The van der Waals surface area contributed by atoms with Gasteiger partial charge in [-0.2, -0.15) is 0 Å². The monoisotopic (exact) mass is 103 g/mol. The molecule has 0 amide bonds. The van der Waals surface area contributed by atoms with Crippen LogP contribution in [0.1, 0.15) is 0 Å². The van der Waals surface area contributed by atoms with Gasteiger partial charge in [0.2, 0.25) is 0 Å². The zero-order valence-electron chi connectivity index (χ0n) is 4.12. The van der Waals surface area contributed by atoms with Crippen LogP contribution in [0.25, 0.3) is 0 Å². The fraction of sp³-hybridized carbons (Fsp3) is 0.500. The summed E-state index contributed by atoms with van der Waals surface area (Å²) in [7, 11) is 1.86. The van der Waals surface area contributed by atoms with Crippen LogP contribution in [-0.2, 0) is 0 Å². The first-order valence-electron chi connectivity index (χ1n) is 1.72. The molecule has 0 aromatic rings. The van der Waals surface area contributed by atoms with Crippen molar-refractivity contribution in [2.75, 3.05) is 13.3 Å². The maximum Gasteiger partial charge on any atom is 0.0602 e. The van der Waals surface area contributed by atoms with Crippen LogP contribution >= 0.6 is 11.8 Å².